The predicted octanol–water partition coefficient (Wildman–Crippen LogP) is 9.94. The number of rotatable bonds is 24. The van der Waals surface area contributed by atoms with Crippen LogP contribution in [0.25, 0.3) is 0 Å². The Morgan fingerprint density at radius 1 is 0.433 bits per heavy atom. The van der Waals surface area contributed by atoms with E-state index in [9.17, 15) is 5.21 Å². The molecule has 0 fully saturated rings. The predicted molar refractivity (Wildman–Crippen MR) is 137 cm³/mol. The fourth-order valence-electron chi connectivity index (χ4n) is 4.68. The topological polar surface area (TPSA) is 23.1 Å². The molecular formula is C28H59NO. The summed E-state index contributed by atoms with van der Waals surface area (Å²) in [6.45, 7) is 4.57. The lowest BCUT2D eigenvalue weighted by Crippen LogP contribution is -2.43. The summed E-state index contributed by atoms with van der Waals surface area (Å²) in [6, 6.07) is 0.317. The molecule has 0 N–H and O–H groups in total. The molecule has 182 valence electrons. The highest BCUT2D eigenvalue weighted by atomic mass is 16.5. The highest BCUT2D eigenvalue weighted by molar-refractivity contribution is 4.61. The molecule has 0 saturated heterocycles. The first-order valence-corrected chi connectivity index (χ1v) is 14.1. The van der Waals surface area contributed by atoms with E-state index in [4.69, 9.17) is 0 Å². The van der Waals surface area contributed by atoms with E-state index in [0.717, 1.165) is 12.8 Å². The molecule has 1 atom stereocenters. The van der Waals surface area contributed by atoms with Crippen molar-refractivity contribution in [2.75, 3.05) is 14.1 Å². The lowest BCUT2D eigenvalue weighted by Gasteiger charge is -2.42. The van der Waals surface area contributed by atoms with E-state index >= 15 is 0 Å². The molecule has 0 aliphatic heterocycles. The quantitative estimate of drug-likeness (QED) is 0.0856. The van der Waals surface area contributed by atoms with Gasteiger partial charge in [0.05, 0.1) is 20.1 Å². The molecule has 0 aliphatic carbocycles. The second kappa shape index (κ2) is 22.1. The zero-order chi connectivity index (χ0) is 22.3. The third-order valence-corrected chi connectivity index (χ3v) is 6.91. The Labute approximate surface area is 191 Å². The van der Waals surface area contributed by atoms with Crippen molar-refractivity contribution in [2.45, 2.75) is 168 Å². The minimum absolute atomic E-state index is 0.0882. The molecule has 0 bridgehead atoms. The summed E-state index contributed by atoms with van der Waals surface area (Å²) in [5.74, 6) is 0. The van der Waals surface area contributed by atoms with Crippen LogP contribution in [0.3, 0.4) is 0 Å². The van der Waals surface area contributed by atoms with Crippen molar-refractivity contribution in [2.24, 2.45) is 0 Å². The van der Waals surface area contributed by atoms with Crippen molar-refractivity contribution >= 4 is 0 Å². The zero-order valence-corrected chi connectivity index (χ0v) is 21.7. The molecule has 30 heavy (non-hydrogen) atoms. The Morgan fingerprint density at radius 2 is 0.667 bits per heavy atom. The number of hydrogen-bond acceptors (Lipinski definition) is 1. The van der Waals surface area contributed by atoms with Crippen LogP contribution in [0, 0.1) is 5.21 Å². The molecule has 0 rings (SSSR count). The van der Waals surface area contributed by atoms with Crippen LogP contribution in [-0.4, -0.2) is 24.8 Å². The van der Waals surface area contributed by atoms with Gasteiger partial charge in [0.15, 0.2) is 0 Å². The van der Waals surface area contributed by atoms with Crippen molar-refractivity contribution in [3.63, 3.8) is 0 Å². The molecule has 0 amide bonds. The van der Waals surface area contributed by atoms with Crippen LogP contribution in [0.1, 0.15) is 162 Å². The Hall–Kier alpha value is -0.0800. The largest absolute Gasteiger partial charge is 0.633 e. The molecule has 2 heteroatoms. The van der Waals surface area contributed by atoms with E-state index in [0.29, 0.717) is 6.04 Å². The molecule has 0 heterocycles. The van der Waals surface area contributed by atoms with Gasteiger partial charge in [-0.1, -0.05) is 136 Å². The average Bonchev–Trinajstić information content (AvgIpc) is 2.70. The van der Waals surface area contributed by atoms with Gasteiger partial charge in [-0.2, -0.15) is 0 Å². The summed E-state index contributed by atoms with van der Waals surface area (Å²) >= 11 is 0. The lowest BCUT2D eigenvalue weighted by atomic mass is 9.98. The van der Waals surface area contributed by atoms with Crippen LogP contribution in [0.2, 0.25) is 0 Å². The molecule has 0 aromatic carbocycles. The van der Waals surface area contributed by atoms with E-state index in [-0.39, 0.29) is 4.65 Å². The van der Waals surface area contributed by atoms with Gasteiger partial charge in [-0.05, 0) is 25.7 Å². The average molecular weight is 426 g/mol. The minimum Gasteiger partial charge on any atom is -0.633 e. The number of hydroxylamine groups is 3. The Kier molecular flexibility index (Phi) is 22.1. The second-order valence-electron chi connectivity index (χ2n) is 10.4. The molecule has 0 aromatic rings. The number of unbranched alkanes of at least 4 members (excludes halogenated alkanes) is 19. The van der Waals surface area contributed by atoms with Crippen LogP contribution >= 0.6 is 0 Å². The summed E-state index contributed by atoms with van der Waals surface area (Å²) in [6.07, 6.45) is 31.3. The molecular weight excluding hydrogens is 366 g/mol. The molecule has 0 aromatic heterocycles. The van der Waals surface area contributed by atoms with Gasteiger partial charge in [0.1, 0.15) is 0 Å². The maximum Gasteiger partial charge on any atom is 0.0883 e. The van der Waals surface area contributed by atoms with Gasteiger partial charge in [0.25, 0.3) is 0 Å². The summed E-state index contributed by atoms with van der Waals surface area (Å²) in [5.41, 5.74) is 0. The van der Waals surface area contributed by atoms with Crippen molar-refractivity contribution in [1.82, 2.24) is 0 Å². The molecule has 2 nitrogen and oxygen atoms in total. The normalized spacial score (nSPS) is 13.1. The Bertz CT molecular complexity index is 323. The van der Waals surface area contributed by atoms with Crippen LogP contribution < -0.4 is 0 Å². The van der Waals surface area contributed by atoms with E-state index < -0.39 is 0 Å². The van der Waals surface area contributed by atoms with Crippen LogP contribution in [-0.2, 0) is 0 Å². The van der Waals surface area contributed by atoms with E-state index in [1.54, 1.807) is 0 Å². The van der Waals surface area contributed by atoms with Gasteiger partial charge in [0.2, 0.25) is 0 Å². The fourth-order valence-corrected chi connectivity index (χ4v) is 4.68. The fraction of sp³-hybridized carbons (Fsp3) is 1.00. The van der Waals surface area contributed by atoms with Gasteiger partial charge < -0.3 is 9.85 Å². The summed E-state index contributed by atoms with van der Waals surface area (Å²) < 4.78 is -0.0882. The van der Waals surface area contributed by atoms with Gasteiger partial charge >= 0.3 is 0 Å². The van der Waals surface area contributed by atoms with Crippen LogP contribution in [0.5, 0.6) is 0 Å². The van der Waals surface area contributed by atoms with Gasteiger partial charge in [-0.25, -0.2) is 0 Å². The van der Waals surface area contributed by atoms with Crippen LogP contribution in [0.4, 0.5) is 0 Å². The Balaban J connectivity index is 3.58. The van der Waals surface area contributed by atoms with Gasteiger partial charge in [-0.3, -0.25) is 0 Å². The van der Waals surface area contributed by atoms with Crippen molar-refractivity contribution in [1.29, 1.82) is 0 Å². The molecule has 0 spiro atoms. The maximum atomic E-state index is 12.5. The summed E-state index contributed by atoms with van der Waals surface area (Å²) in [7, 11) is 3.72. The first-order valence-electron chi connectivity index (χ1n) is 14.1. The van der Waals surface area contributed by atoms with Crippen LogP contribution in [0.15, 0.2) is 0 Å². The van der Waals surface area contributed by atoms with Crippen molar-refractivity contribution in [3.05, 3.63) is 5.21 Å². The lowest BCUT2D eigenvalue weighted by molar-refractivity contribution is -0.867. The van der Waals surface area contributed by atoms with Crippen molar-refractivity contribution < 1.29 is 4.65 Å². The third kappa shape index (κ3) is 21.2. The number of nitrogens with zero attached hydrogens (tertiary/aromatic N) is 1. The number of quaternary nitrogens is 1. The number of hydrogen-bond donors (Lipinski definition) is 0. The molecule has 0 radical (unpaired) electrons. The summed E-state index contributed by atoms with van der Waals surface area (Å²) in [5, 5.41) is 12.5. The summed E-state index contributed by atoms with van der Waals surface area (Å²) in [4.78, 5) is 0. The standard InChI is InChI=1S/C28H59NO/c1-5-7-9-11-13-15-16-17-19-21-23-25-27-28(29(3,4)30)26-24-22-20-18-14-12-10-8-6-2/h28H,5-27H2,1-4H3. The molecule has 0 aliphatic rings. The Morgan fingerprint density at radius 3 is 0.900 bits per heavy atom. The van der Waals surface area contributed by atoms with Gasteiger partial charge in [-0.15, -0.1) is 0 Å². The highest BCUT2D eigenvalue weighted by Crippen LogP contribution is 2.21. The zero-order valence-electron chi connectivity index (χ0n) is 21.7. The van der Waals surface area contributed by atoms with Crippen molar-refractivity contribution in [3.8, 4) is 0 Å². The minimum atomic E-state index is -0.0882. The van der Waals surface area contributed by atoms with Gasteiger partial charge in [0, 0.05) is 0 Å². The first-order chi connectivity index (χ1) is 14.5. The van der Waals surface area contributed by atoms with E-state index in [1.807, 2.05) is 14.1 Å². The second-order valence-corrected chi connectivity index (χ2v) is 10.4. The SMILES string of the molecule is CCCCCCCCCCCCCCC(CCCCCCCCCCC)[N+](C)(C)[O-]. The smallest absolute Gasteiger partial charge is 0.0883 e. The third-order valence-electron chi connectivity index (χ3n) is 6.91. The first kappa shape index (κ1) is 29.9. The monoisotopic (exact) mass is 425 g/mol. The maximum absolute atomic E-state index is 12.5. The van der Waals surface area contributed by atoms with E-state index in [2.05, 4.69) is 13.8 Å². The highest BCUT2D eigenvalue weighted by Gasteiger charge is 2.19. The van der Waals surface area contributed by atoms with E-state index in [1.165, 1.54) is 135 Å². The molecule has 0 saturated carbocycles. The molecule has 1 unspecified atom stereocenters.